The van der Waals surface area contributed by atoms with Crippen molar-refractivity contribution in [1.29, 1.82) is 0 Å². The van der Waals surface area contributed by atoms with E-state index in [0.29, 0.717) is 22.7 Å². The van der Waals surface area contributed by atoms with Crippen LogP contribution in [0.2, 0.25) is 0 Å². The quantitative estimate of drug-likeness (QED) is 0.0931. The van der Waals surface area contributed by atoms with Crippen molar-refractivity contribution in [3.63, 3.8) is 0 Å². The predicted molar refractivity (Wildman–Crippen MR) is 168 cm³/mol. The Hall–Kier alpha value is -7.12. The molecule has 0 aliphatic rings. The van der Waals surface area contributed by atoms with E-state index in [4.69, 9.17) is 45.9 Å². The molecule has 0 aliphatic carbocycles. The molecule has 0 saturated carbocycles. The van der Waals surface area contributed by atoms with Gasteiger partial charge in [0.15, 0.2) is 0 Å². The molecule has 4 aromatic carbocycles. The van der Waals surface area contributed by atoms with Crippen molar-refractivity contribution in [3.05, 3.63) is 113 Å². The number of rotatable bonds is 4. The Morgan fingerprint density at radius 2 is 0.750 bits per heavy atom. The summed E-state index contributed by atoms with van der Waals surface area (Å²) >= 11 is 0. The summed E-state index contributed by atoms with van der Waals surface area (Å²) in [6.07, 6.45) is 0. The Balaban J connectivity index is 0.000000293. The first-order valence-corrected chi connectivity index (χ1v) is 11.6. The number of non-ortho nitro benzene ring substituents is 1. The molecular formula is C24H28N12O8. The zero-order valence-corrected chi connectivity index (χ0v) is 22.6. The van der Waals surface area contributed by atoms with Gasteiger partial charge in [0.1, 0.15) is 17.1 Å². The van der Waals surface area contributed by atoms with Crippen molar-refractivity contribution in [2.45, 2.75) is 0 Å². The molecule has 0 aliphatic heterocycles. The molecule has 0 spiro atoms. The first-order valence-electron chi connectivity index (χ1n) is 11.6. The number of hydrogen-bond donors (Lipinski definition) is 8. The molecule has 0 aromatic heterocycles. The first-order chi connectivity index (χ1) is 20.4. The lowest BCUT2D eigenvalue weighted by molar-refractivity contribution is -0.384. The highest BCUT2D eigenvalue weighted by molar-refractivity contribution is 5.67. The molecule has 0 amide bonds. The average Bonchev–Trinajstić information content (AvgIpc) is 2.93. The standard InChI is InChI=1S/4C6H7N3O2/c7-4-1-2-6(9(10)11)5(8)3-4;7-5-2-1-4(9(10)11)3-6(5)8;2*7-4-1-2-5(8)6(3-4)9(10)11/h4*1-3H,7-8H2. The molecule has 44 heavy (non-hydrogen) atoms. The predicted octanol–water partition coefficient (Wildman–Crippen LogP) is 3.04. The number of nitro groups is 4. The number of hydrogen-bond acceptors (Lipinski definition) is 16. The number of benzene rings is 4. The van der Waals surface area contributed by atoms with E-state index in [2.05, 4.69) is 0 Å². The van der Waals surface area contributed by atoms with Crippen molar-refractivity contribution in [2.75, 3.05) is 45.9 Å². The topological polar surface area (TPSA) is 381 Å². The number of nitro benzene ring substituents is 4. The fraction of sp³-hybridized carbons (Fsp3) is 0. The SMILES string of the molecule is Nc1ccc(N)c([N+](=O)[O-])c1.Nc1ccc(N)c([N+](=O)[O-])c1.Nc1ccc([N+](=O)[O-])c(N)c1.Nc1ccc([N+](=O)[O-])cc1N. The summed E-state index contributed by atoms with van der Waals surface area (Å²) in [7, 11) is 0. The minimum absolute atomic E-state index is 0.0447. The van der Waals surface area contributed by atoms with Gasteiger partial charge in [0, 0.05) is 47.4 Å². The second-order valence-electron chi connectivity index (χ2n) is 8.30. The Kier molecular flexibility index (Phi) is 12.4. The van der Waals surface area contributed by atoms with Gasteiger partial charge < -0.3 is 45.9 Å². The van der Waals surface area contributed by atoms with Crippen LogP contribution in [0.1, 0.15) is 0 Å². The van der Waals surface area contributed by atoms with E-state index in [-0.39, 0.29) is 45.5 Å². The lowest BCUT2D eigenvalue weighted by atomic mass is 10.2. The number of anilines is 8. The molecule has 4 rings (SSSR count). The van der Waals surface area contributed by atoms with Crippen LogP contribution >= 0.6 is 0 Å². The third-order valence-electron chi connectivity index (χ3n) is 5.03. The Bertz CT molecular complexity index is 1620. The van der Waals surface area contributed by atoms with Crippen LogP contribution in [0.3, 0.4) is 0 Å². The average molecular weight is 613 g/mol. The van der Waals surface area contributed by atoms with Gasteiger partial charge in [-0.3, -0.25) is 40.5 Å². The van der Waals surface area contributed by atoms with Crippen molar-refractivity contribution in [1.82, 2.24) is 0 Å². The fourth-order valence-corrected chi connectivity index (χ4v) is 2.85. The Morgan fingerprint density at radius 1 is 0.364 bits per heavy atom. The maximum atomic E-state index is 10.2. The second-order valence-corrected chi connectivity index (χ2v) is 8.30. The molecule has 232 valence electrons. The van der Waals surface area contributed by atoms with Gasteiger partial charge in [-0.2, -0.15) is 0 Å². The van der Waals surface area contributed by atoms with E-state index in [1.165, 1.54) is 72.8 Å². The van der Waals surface area contributed by atoms with Crippen molar-refractivity contribution in [3.8, 4) is 0 Å². The molecule has 4 aromatic rings. The highest BCUT2D eigenvalue weighted by Crippen LogP contribution is 2.24. The molecule has 0 fully saturated rings. The highest BCUT2D eigenvalue weighted by Gasteiger charge is 2.11. The summed E-state index contributed by atoms with van der Waals surface area (Å²) in [5.41, 5.74) is 44.1. The third-order valence-corrected chi connectivity index (χ3v) is 5.03. The van der Waals surface area contributed by atoms with Gasteiger partial charge in [0.05, 0.1) is 31.1 Å². The first kappa shape index (κ1) is 34.9. The van der Waals surface area contributed by atoms with Gasteiger partial charge in [-0.05, 0) is 42.5 Å². The molecule has 0 saturated heterocycles. The van der Waals surface area contributed by atoms with Crippen LogP contribution in [0.5, 0.6) is 0 Å². The van der Waals surface area contributed by atoms with E-state index < -0.39 is 19.7 Å². The van der Waals surface area contributed by atoms with Gasteiger partial charge in [0.25, 0.3) is 22.7 Å². The van der Waals surface area contributed by atoms with Crippen molar-refractivity contribution in [2.24, 2.45) is 0 Å². The lowest BCUT2D eigenvalue weighted by Crippen LogP contribution is -1.96. The number of nitrogen functional groups attached to an aromatic ring is 8. The summed E-state index contributed by atoms with van der Waals surface area (Å²) in [5.74, 6) is 0. The summed E-state index contributed by atoms with van der Waals surface area (Å²) in [4.78, 5) is 38.7. The zero-order chi connectivity index (χ0) is 33.7. The fourth-order valence-electron chi connectivity index (χ4n) is 2.85. The van der Waals surface area contributed by atoms with Crippen LogP contribution in [0.4, 0.5) is 68.2 Å². The van der Waals surface area contributed by atoms with Crippen LogP contribution in [-0.4, -0.2) is 19.7 Å². The van der Waals surface area contributed by atoms with Crippen molar-refractivity contribution >= 4 is 68.2 Å². The molecule has 0 unspecified atom stereocenters. The van der Waals surface area contributed by atoms with Crippen LogP contribution in [0.15, 0.2) is 72.8 Å². The van der Waals surface area contributed by atoms with E-state index in [0.717, 1.165) is 0 Å². The van der Waals surface area contributed by atoms with Gasteiger partial charge in [-0.25, -0.2) is 0 Å². The molecule has 20 heteroatoms. The maximum absolute atomic E-state index is 10.2. The van der Waals surface area contributed by atoms with Crippen LogP contribution in [0, 0.1) is 40.5 Å². The summed E-state index contributed by atoms with van der Waals surface area (Å²) in [6, 6.07) is 16.3. The molecule has 20 nitrogen and oxygen atoms in total. The minimum atomic E-state index is -0.564. The molecule has 0 atom stereocenters. The second kappa shape index (κ2) is 15.6. The lowest BCUT2D eigenvalue weighted by Gasteiger charge is -1.97. The van der Waals surface area contributed by atoms with Gasteiger partial charge in [-0.15, -0.1) is 0 Å². The minimum Gasteiger partial charge on any atom is -0.399 e. The Labute approximate surface area is 247 Å². The van der Waals surface area contributed by atoms with E-state index in [1.807, 2.05) is 0 Å². The van der Waals surface area contributed by atoms with Gasteiger partial charge in [-0.1, -0.05) is 0 Å². The molecule has 0 heterocycles. The Morgan fingerprint density at radius 3 is 1.09 bits per heavy atom. The largest absolute Gasteiger partial charge is 0.399 e. The summed E-state index contributed by atoms with van der Waals surface area (Å²) in [6.45, 7) is 0. The van der Waals surface area contributed by atoms with E-state index in [1.54, 1.807) is 0 Å². The monoisotopic (exact) mass is 612 g/mol. The summed E-state index contributed by atoms with van der Waals surface area (Å²) < 4.78 is 0. The maximum Gasteiger partial charge on any atom is 0.294 e. The van der Waals surface area contributed by atoms with E-state index >= 15 is 0 Å². The summed E-state index contributed by atoms with van der Waals surface area (Å²) in [5, 5.41) is 40.9. The zero-order valence-electron chi connectivity index (χ0n) is 22.6. The smallest absolute Gasteiger partial charge is 0.294 e. The van der Waals surface area contributed by atoms with Crippen molar-refractivity contribution < 1.29 is 19.7 Å². The van der Waals surface area contributed by atoms with Gasteiger partial charge >= 0.3 is 0 Å². The molecular weight excluding hydrogens is 584 g/mol. The number of nitrogens with two attached hydrogens (primary N) is 8. The molecule has 16 N–H and O–H groups in total. The van der Waals surface area contributed by atoms with Crippen LogP contribution in [0.25, 0.3) is 0 Å². The third kappa shape index (κ3) is 10.8. The van der Waals surface area contributed by atoms with Crippen LogP contribution in [-0.2, 0) is 0 Å². The van der Waals surface area contributed by atoms with Crippen LogP contribution < -0.4 is 45.9 Å². The highest BCUT2D eigenvalue weighted by atomic mass is 16.6. The molecule has 0 radical (unpaired) electrons. The normalized spacial score (nSPS) is 9.45. The molecule has 0 bridgehead atoms. The van der Waals surface area contributed by atoms with Gasteiger partial charge in [0.2, 0.25) is 0 Å². The number of nitrogens with zero attached hydrogens (tertiary/aromatic N) is 4. The van der Waals surface area contributed by atoms with E-state index in [9.17, 15) is 40.5 Å².